The second-order valence-corrected chi connectivity index (χ2v) is 9.33. The van der Waals surface area contributed by atoms with Gasteiger partial charge in [0.05, 0.1) is 0 Å². The normalized spacial score (nSPS) is 42.2. The van der Waals surface area contributed by atoms with Gasteiger partial charge in [0.2, 0.25) is 0 Å². The van der Waals surface area contributed by atoms with Crippen LogP contribution in [0, 0.1) is 22.7 Å². The predicted molar refractivity (Wildman–Crippen MR) is 90.0 cm³/mol. The van der Waals surface area contributed by atoms with Gasteiger partial charge in [-0.15, -0.1) is 11.6 Å². The summed E-state index contributed by atoms with van der Waals surface area (Å²) in [5, 5.41) is 1.11. The lowest BCUT2D eigenvalue weighted by Gasteiger charge is -2.62. The molecule has 0 nitrogen and oxygen atoms in total. The van der Waals surface area contributed by atoms with Crippen LogP contribution in [0.1, 0.15) is 51.0 Å². The van der Waals surface area contributed by atoms with Gasteiger partial charge in [0.25, 0.3) is 0 Å². The molecule has 5 rings (SSSR count). The van der Waals surface area contributed by atoms with Crippen molar-refractivity contribution >= 4 is 23.2 Å². The number of hydrogen-bond donors (Lipinski definition) is 0. The zero-order valence-electron chi connectivity index (χ0n) is 12.7. The van der Waals surface area contributed by atoms with Crippen molar-refractivity contribution < 1.29 is 0 Å². The summed E-state index contributed by atoms with van der Waals surface area (Å²) >= 11 is 13.4. The maximum Gasteiger partial charge on any atom is 0.0438 e. The summed E-state index contributed by atoms with van der Waals surface area (Å²) in [6.07, 6.45) is 9.34. The van der Waals surface area contributed by atoms with Crippen molar-refractivity contribution in [2.45, 2.75) is 57.2 Å². The fourth-order valence-corrected chi connectivity index (χ4v) is 6.87. The topological polar surface area (TPSA) is 0 Å². The van der Waals surface area contributed by atoms with Gasteiger partial charge in [-0.25, -0.2) is 0 Å². The van der Waals surface area contributed by atoms with Gasteiger partial charge in [-0.1, -0.05) is 36.7 Å². The molecule has 0 aliphatic heterocycles. The minimum atomic E-state index is 0.239. The van der Waals surface area contributed by atoms with Crippen molar-refractivity contribution in [3.8, 4) is 0 Å². The number of hydrogen-bond acceptors (Lipinski definition) is 0. The molecule has 1 aromatic carbocycles. The van der Waals surface area contributed by atoms with Crippen molar-refractivity contribution in [2.24, 2.45) is 22.7 Å². The third-order valence-electron chi connectivity index (χ3n) is 6.42. The largest absolute Gasteiger partial charge is 0.122 e. The van der Waals surface area contributed by atoms with E-state index in [9.17, 15) is 0 Å². The van der Waals surface area contributed by atoms with Crippen LogP contribution in [0.25, 0.3) is 0 Å². The second kappa shape index (κ2) is 4.90. The van der Waals surface area contributed by atoms with Gasteiger partial charge >= 0.3 is 0 Å². The highest BCUT2D eigenvalue weighted by atomic mass is 35.5. The van der Waals surface area contributed by atoms with Crippen LogP contribution in [-0.2, 0) is 6.42 Å². The van der Waals surface area contributed by atoms with Crippen molar-refractivity contribution in [1.82, 2.24) is 0 Å². The molecule has 0 spiro atoms. The highest BCUT2D eigenvalue weighted by molar-refractivity contribution is 6.31. The molecule has 0 saturated heterocycles. The molecule has 4 saturated carbocycles. The number of alkyl halides is 1. The molecule has 4 fully saturated rings. The molecule has 3 atom stereocenters. The summed E-state index contributed by atoms with van der Waals surface area (Å²) in [5.41, 5.74) is 2.16. The molecule has 4 bridgehead atoms. The Morgan fingerprint density at radius 2 is 1.81 bits per heavy atom. The maximum absolute atomic E-state index is 7.01. The molecule has 0 aromatic heterocycles. The standard InChI is InChI=1S/C19H24Cl2/c1-18-8-13-6-14(9-18)11-19(10-13,12-18)17(21)7-15-4-2-3-5-16(15)20/h2-5,13-14,17H,6-12H2,1H3. The fourth-order valence-electron chi connectivity index (χ4n) is 6.24. The molecule has 114 valence electrons. The summed E-state index contributed by atoms with van der Waals surface area (Å²) in [4.78, 5) is 0. The molecule has 3 unspecified atom stereocenters. The van der Waals surface area contributed by atoms with Gasteiger partial charge in [0, 0.05) is 10.4 Å². The van der Waals surface area contributed by atoms with Crippen molar-refractivity contribution in [1.29, 1.82) is 0 Å². The van der Waals surface area contributed by atoms with Gasteiger partial charge in [-0.05, 0) is 79.2 Å². The average molecular weight is 323 g/mol. The third kappa shape index (κ3) is 2.43. The summed E-state index contributed by atoms with van der Waals surface area (Å²) < 4.78 is 0. The van der Waals surface area contributed by atoms with Gasteiger partial charge in [-0.2, -0.15) is 0 Å². The lowest BCUT2D eigenvalue weighted by molar-refractivity contribution is -0.103. The van der Waals surface area contributed by atoms with Crippen LogP contribution in [-0.4, -0.2) is 5.38 Å². The van der Waals surface area contributed by atoms with Gasteiger partial charge in [-0.3, -0.25) is 0 Å². The van der Waals surface area contributed by atoms with E-state index in [1.165, 1.54) is 44.1 Å². The fraction of sp³-hybridized carbons (Fsp3) is 0.684. The Kier molecular flexibility index (Phi) is 3.36. The van der Waals surface area contributed by atoms with E-state index in [1.54, 1.807) is 0 Å². The van der Waals surface area contributed by atoms with E-state index in [0.717, 1.165) is 23.3 Å². The molecule has 4 aliphatic carbocycles. The smallest absolute Gasteiger partial charge is 0.0438 e. The third-order valence-corrected chi connectivity index (χ3v) is 7.41. The van der Waals surface area contributed by atoms with Crippen LogP contribution in [0.2, 0.25) is 5.02 Å². The van der Waals surface area contributed by atoms with Crippen LogP contribution >= 0.6 is 23.2 Å². The van der Waals surface area contributed by atoms with Crippen LogP contribution in [0.3, 0.4) is 0 Å². The van der Waals surface area contributed by atoms with Crippen LogP contribution in [0.4, 0.5) is 0 Å². The SMILES string of the molecule is CC12CC3CC(C1)CC(C(Cl)Cc1ccccc1Cl)(C3)C2. The van der Waals surface area contributed by atoms with Crippen molar-refractivity contribution in [3.05, 3.63) is 34.9 Å². The monoisotopic (exact) mass is 322 g/mol. The minimum absolute atomic E-state index is 0.239. The molecule has 0 heterocycles. The predicted octanol–water partition coefficient (Wildman–Crippen LogP) is 6.10. The molecule has 21 heavy (non-hydrogen) atoms. The van der Waals surface area contributed by atoms with E-state index in [-0.39, 0.29) is 5.38 Å². The summed E-state index contributed by atoms with van der Waals surface area (Å²) in [6.45, 7) is 2.51. The minimum Gasteiger partial charge on any atom is -0.122 e. The van der Waals surface area contributed by atoms with E-state index in [0.29, 0.717) is 10.8 Å². The van der Waals surface area contributed by atoms with Crippen molar-refractivity contribution in [3.63, 3.8) is 0 Å². The van der Waals surface area contributed by atoms with Gasteiger partial charge < -0.3 is 0 Å². The molecule has 4 aliphatic rings. The molecule has 1 aromatic rings. The number of benzene rings is 1. The highest BCUT2D eigenvalue weighted by Gasteiger charge is 2.57. The van der Waals surface area contributed by atoms with Gasteiger partial charge in [0.15, 0.2) is 0 Å². The average Bonchev–Trinajstić information content (AvgIpc) is 2.38. The lowest BCUT2D eigenvalue weighted by atomic mass is 9.44. The second-order valence-electron chi connectivity index (χ2n) is 8.40. The van der Waals surface area contributed by atoms with Gasteiger partial charge in [0.1, 0.15) is 0 Å². The summed E-state index contributed by atoms with van der Waals surface area (Å²) in [6, 6.07) is 8.20. The Morgan fingerprint density at radius 1 is 1.14 bits per heavy atom. The molecule has 2 heteroatoms. The first-order valence-corrected chi connectivity index (χ1v) is 9.17. The Morgan fingerprint density at radius 3 is 2.43 bits per heavy atom. The Hall–Kier alpha value is -0.200. The summed E-state index contributed by atoms with van der Waals surface area (Å²) in [5.74, 6) is 1.87. The lowest BCUT2D eigenvalue weighted by Crippen LogP contribution is -2.54. The van der Waals surface area contributed by atoms with E-state index >= 15 is 0 Å². The first kappa shape index (κ1) is 14.4. The quantitative estimate of drug-likeness (QED) is 0.590. The Bertz CT molecular complexity index is 536. The maximum atomic E-state index is 7.01. The molecule has 0 amide bonds. The Balaban J connectivity index is 1.59. The first-order chi connectivity index (χ1) is 9.98. The van der Waals surface area contributed by atoms with E-state index in [2.05, 4.69) is 19.1 Å². The Labute approximate surface area is 138 Å². The van der Waals surface area contributed by atoms with Crippen LogP contribution < -0.4 is 0 Å². The zero-order chi connectivity index (χ0) is 14.7. The number of rotatable bonds is 3. The zero-order valence-corrected chi connectivity index (χ0v) is 14.3. The summed E-state index contributed by atoms with van der Waals surface area (Å²) in [7, 11) is 0. The van der Waals surface area contributed by atoms with Crippen LogP contribution in [0.5, 0.6) is 0 Å². The first-order valence-electron chi connectivity index (χ1n) is 8.36. The van der Waals surface area contributed by atoms with E-state index in [1.807, 2.05) is 12.1 Å². The number of halogens is 2. The molecular weight excluding hydrogens is 299 g/mol. The van der Waals surface area contributed by atoms with E-state index < -0.39 is 0 Å². The molecule has 0 radical (unpaired) electrons. The molecule has 0 N–H and O–H groups in total. The highest BCUT2D eigenvalue weighted by Crippen LogP contribution is 2.67. The van der Waals surface area contributed by atoms with E-state index in [4.69, 9.17) is 23.2 Å². The van der Waals surface area contributed by atoms with Crippen molar-refractivity contribution in [2.75, 3.05) is 0 Å². The van der Waals surface area contributed by atoms with Crippen LogP contribution in [0.15, 0.2) is 24.3 Å². The molecular formula is C19H24Cl2.